The molecule has 134 valence electrons. The standard InChI is InChI=1S/C17H20FN3O4/c1-24-10-15-19-17(25-20-15)13-8-21(7-12(13)9-22)16(23)6-11-4-2-3-5-14(11)18/h2-5,12-13,22H,6-10H2,1H3/t12-,13+/m0/s1. The highest BCUT2D eigenvalue weighted by Crippen LogP contribution is 2.32. The van der Waals surface area contributed by atoms with Crippen molar-refractivity contribution in [3.05, 3.63) is 47.4 Å². The molecule has 0 bridgehead atoms. The van der Waals surface area contributed by atoms with Crippen molar-refractivity contribution in [3.63, 3.8) is 0 Å². The molecule has 1 amide bonds. The van der Waals surface area contributed by atoms with Gasteiger partial charge < -0.3 is 19.3 Å². The van der Waals surface area contributed by atoms with Crippen LogP contribution < -0.4 is 0 Å². The number of carbonyl (C=O) groups excluding carboxylic acids is 1. The molecule has 2 atom stereocenters. The van der Waals surface area contributed by atoms with Crippen molar-refractivity contribution < 1.29 is 23.6 Å². The number of carbonyl (C=O) groups is 1. The zero-order valence-electron chi connectivity index (χ0n) is 13.9. The maximum Gasteiger partial charge on any atom is 0.232 e. The molecule has 1 aliphatic heterocycles. The Morgan fingerprint density at radius 3 is 2.96 bits per heavy atom. The number of benzene rings is 1. The Morgan fingerprint density at radius 1 is 1.44 bits per heavy atom. The van der Waals surface area contributed by atoms with E-state index in [1.54, 1.807) is 23.1 Å². The van der Waals surface area contributed by atoms with Gasteiger partial charge in [-0.1, -0.05) is 23.4 Å². The normalized spacial score (nSPS) is 20.2. The topological polar surface area (TPSA) is 88.7 Å². The van der Waals surface area contributed by atoms with Crippen LogP contribution in [-0.4, -0.2) is 52.9 Å². The van der Waals surface area contributed by atoms with E-state index in [2.05, 4.69) is 10.1 Å². The quantitative estimate of drug-likeness (QED) is 0.841. The van der Waals surface area contributed by atoms with Gasteiger partial charge in [-0.3, -0.25) is 4.79 Å². The largest absolute Gasteiger partial charge is 0.396 e. The maximum atomic E-state index is 13.7. The second kappa shape index (κ2) is 7.71. The van der Waals surface area contributed by atoms with Gasteiger partial charge in [0, 0.05) is 32.7 Å². The lowest BCUT2D eigenvalue weighted by Gasteiger charge is -2.16. The van der Waals surface area contributed by atoms with Crippen LogP contribution in [0.1, 0.15) is 23.2 Å². The first-order valence-electron chi connectivity index (χ1n) is 8.05. The molecule has 3 rings (SSSR count). The minimum atomic E-state index is -0.397. The number of aromatic nitrogens is 2. The molecule has 0 unspecified atom stereocenters. The van der Waals surface area contributed by atoms with Gasteiger partial charge in [0.1, 0.15) is 12.4 Å². The van der Waals surface area contributed by atoms with Crippen molar-refractivity contribution in [2.24, 2.45) is 5.92 Å². The summed E-state index contributed by atoms with van der Waals surface area (Å²) in [7, 11) is 1.53. The van der Waals surface area contributed by atoms with E-state index in [9.17, 15) is 14.3 Å². The van der Waals surface area contributed by atoms with Gasteiger partial charge in [0.2, 0.25) is 11.8 Å². The number of methoxy groups -OCH3 is 1. The first-order valence-corrected chi connectivity index (χ1v) is 8.05. The Labute approximate surface area is 144 Å². The fourth-order valence-corrected chi connectivity index (χ4v) is 3.06. The maximum absolute atomic E-state index is 13.7. The number of rotatable bonds is 6. The van der Waals surface area contributed by atoms with E-state index in [0.29, 0.717) is 30.4 Å². The number of halogens is 1. The van der Waals surface area contributed by atoms with E-state index in [0.717, 1.165) is 0 Å². The van der Waals surface area contributed by atoms with E-state index in [1.807, 2.05) is 0 Å². The highest BCUT2D eigenvalue weighted by molar-refractivity contribution is 5.79. The minimum absolute atomic E-state index is 0.0176. The monoisotopic (exact) mass is 349 g/mol. The number of aliphatic hydroxyl groups excluding tert-OH is 1. The van der Waals surface area contributed by atoms with Crippen LogP contribution in [0, 0.1) is 11.7 Å². The van der Waals surface area contributed by atoms with Crippen molar-refractivity contribution in [2.75, 3.05) is 26.8 Å². The van der Waals surface area contributed by atoms with Crippen molar-refractivity contribution in [3.8, 4) is 0 Å². The smallest absolute Gasteiger partial charge is 0.232 e. The first kappa shape index (κ1) is 17.5. The summed E-state index contributed by atoms with van der Waals surface area (Å²) in [6.07, 6.45) is -0.0176. The highest BCUT2D eigenvalue weighted by Gasteiger charge is 2.39. The van der Waals surface area contributed by atoms with E-state index in [-0.39, 0.29) is 37.4 Å². The summed E-state index contributed by atoms with van der Waals surface area (Å²) in [6, 6.07) is 6.22. The van der Waals surface area contributed by atoms with Crippen LogP contribution >= 0.6 is 0 Å². The molecule has 1 aromatic heterocycles. The molecule has 2 heterocycles. The van der Waals surface area contributed by atoms with Crippen LogP contribution in [0.4, 0.5) is 4.39 Å². The van der Waals surface area contributed by atoms with Gasteiger partial charge in [-0.15, -0.1) is 0 Å². The Hall–Kier alpha value is -2.32. The second-order valence-corrected chi connectivity index (χ2v) is 6.10. The van der Waals surface area contributed by atoms with Crippen molar-refractivity contribution in [1.29, 1.82) is 0 Å². The van der Waals surface area contributed by atoms with Crippen LogP contribution in [-0.2, 0) is 22.6 Å². The average Bonchev–Trinajstić information content (AvgIpc) is 3.23. The van der Waals surface area contributed by atoms with E-state index < -0.39 is 5.82 Å². The molecule has 0 radical (unpaired) electrons. The minimum Gasteiger partial charge on any atom is -0.396 e. The molecular weight excluding hydrogens is 329 g/mol. The van der Waals surface area contributed by atoms with Gasteiger partial charge in [-0.25, -0.2) is 4.39 Å². The zero-order chi connectivity index (χ0) is 17.8. The summed E-state index contributed by atoms with van der Waals surface area (Å²) in [4.78, 5) is 18.4. The summed E-state index contributed by atoms with van der Waals surface area (Å²) in [5, 5.41) is 13.5. The summed E-state index contributed by atoms with van der Waals surface area (Å²) in [6.45, 7) is 0.857. The fraction of sp³-hybridized carbons (Fsp3) is 0.471. The number of nitrogens with zero attached hydrogens (tertiary/aromatic N) is 3. The molecule has 2 aromatic rings. The van der Waals surface area contributed by atoms with E-state index in [1.165, 1.54) is 13.2 Å². The van der Waals surface area contributed by atoms with Gasteiger partial charge in [-0.05, 0) is 11.6 Å². The van der Waals surface area contributed by atoms with Crippen molar-refractivity contribution in [1.82, 2.24) is 15.0 Å². The molecule has 0 aliphatic carbocycles. The number of hydrogen-bond acceptors (Lipinski definition) is 6. The number of likely N-dealkylation sites (tertiary alicyclic amines) is 1. The van der Waals surface area contributed by atoms with Crippen LogP contribution in [0.3, 0.4) is 0 Å². The van der Waals surface area contributed by atoms with Gasteiger partial charge in [0.15, 0.2) is 5.82 Å². The van der Waals surface area contributed by atoms with Gasteiger partial charge >= 0.3 is 0 Å². The Bertz CT molecular complexity index is 736. The third kappa shape index (κ3) is 3.85. The van der Waals surface area contributed by atoms with E-state index >= 15 is 0 Å². The SMILES string of the molecule is COCc1noc([C@@H]2CN(C(=O)Cc3ccccc3F)C[C@H]2CO)n1. The fourth-order valence-electron chi connectivity index (χ4n) is 3.06. The lowest BCUT2D eigenvalue weighted by atomic mass is 9.97. The predicted molar refractivity (Wildman–Crippen MR) is 85.0 cm³/mol. The number of amides is 1. The predicted octanol–water partition coefficient (Wildman–Crippen LogP) is 1.13. The average molecular weight is 349 g/mol. The summed E-state index contributed by atoms with van der Waals surface area (Å²) < 4.78 is 23.9. The Morgan fingerprint density at radius 2 is 2.24 bits per heavy atom. The molecule has 1 N–H and O–H groups in total. The summed E-state index contributed by atoms with van der Waals surface area (Å²) in [5.74, 6) is -0.222. The van der Waals surface area contributed by atoms with E-state index in [4.69, 9.17) is 9.26 Å². The summed E-state index contributed by atoms with van der Waals surface area (Å²) in [5.41, 5.74) is 0.358. The molecule has 1 fully saturated rings. The Kier molecular flexibility index (Phi) is 5.40. The van der Waals surface area contributed by atoms with Crippen molar-refractivity contribution >= 4 is 5.91 Å². The van der Waals surface area contributed by atoms with Gasteiger partial charge in [0.25, 0.3) is 0 Å². The van der Waals surface area contributed by atoms with Crippen molar-refractivity contribution in [2.45, 2.75) is 18.9 Å². The summed E-state index contributed by atoms with van der Waals surface area (Å²) >= 11 is 0. The molecular formula is C17H20FN3O4. The molecule has 1 saturated heterocycles. The molecule has 1 aliphatic rings. The van der Waals surface area contributed by atoms with Crippen LogP contribution in [0.15, 0.2) is 28.8 Å². The third-order valence-corrected chi connectivity index (χ3v) is 4.40. The third-order valence-electron chi connectivity index (χ3n) is 4.40. The second-order valence-electron chi connectivity index (χ2n) is 6.10. The van der Waals surface area contributed by atoms with Crippen LogP contribution in [0.25, 0.3) is 0 Å². The number of aliphatic hydroxyl groups is 1. The number of ether oxygens (including phenoxy) is 1. The molecule has 7 nitrogen and oxygen atoms in total. The zero-order valence-corrected chi connectivity index (χ0v) is 13.9. The molecule has 0 saturated carbocycles. The lowest BCUT2D eigenvalue weighted by Crippen LogP contribution is -2.30. The molecule has 1 aromatic carbocycles. The molecule has 0 spiro atoms. The van der Waals surface area contributed by atoms with Crippen LogP contribution in [0.2, 0.25) is 0 Å². The molecule has 25 heavy (non-hydrogen) atoms. The molecule has 8 heteroatoms. The van der Waals surface area contributed by atoms with Gasteiger partial charge in [0.05, 0.1) is 12.3 Å². The Balaban J connectivity index is 1.70. The first-order chi connectivity index (χ1) is 12.1. The number of hydrogen-bond donors (Lipinski definition) is 1. The highest BCUT2D eigenvalue weighted by atomic mass is 19.1. The lowest BCUT2D eigenvalue weighted by molar-refractivity contribution is -0.129. The van der Waals surface area contributed by atoms with Crippen LogP contribution in [0.5, 0.6) is 0 Å². The van der Waals surface area contributed by atoms with Gasteiger partial charge in [-0.2, -0.15) is 4.98 Å².